The van der Waals surface area contributed by atoms with Gasteiger partial charge < -0.3 is 4.57 Å². The topological polar surface area (TPSA) is 17.3 Å². The molecule has 0 aromatic carbocycles. The smallest absolute Gasteiger partial charge is 0.0603 e. The maximum atomic E-state index is 4.79. The van der Waals surface area contributed by atoms with Crippen molar-refractivity contribution >= 4 is 17.0 Å². The van der Waals surface area contributed by atoms with Crippen LogP contribution in [0.1, 0.15) is 85.0 Å². The van der Waals surface area contributed by atoms with E-state index in [1.165, 1.54) is 64.2 Å². The summed E-state index contributed by atoms with van der Waals surface area (Å²) < 4.78 is 2.30. The van der Waals surface area contributed by atoms with Gasteiger partial charge in [0.15, 0.2) is 0 Å². The number of halogens is 1. The Hall–Kier alpha value is -0.570. The van der Waals surface area contributed by atoms with Crippen LogP contribution in [0, 0.1) is 5.92 Å². The van der Waals surface area contributed by atoms with Gasteiger partial charge in [-0.3, -0.25) is 4.99 Å². The quantitative estimate of drug-likeness (QED) is 0.335. The highest BCUT2D eigenvalue weighted by Gasteiger charge is 2.03. The summed E-state index contributed by atoms with van der Waals surface area (Å²) >= 11 is 0. The Labute approximate surface area is 160 Å². The van der Waals surface area contributed by atoms with Gasteiger partial charge in [-0.05, 0) is 30.9 Å². The number of nitrogens with zero attached hydrogens (tertiary/aromatic N) is 2. The SMILES string of the molecule is Br.CCCCCCCCn1ccc(=NCC(CC)CCCC)cc1. The number of aryl methyl sites for hydroxylation is 1. The molecule has 3 heteroatoms. The van der Waals surface area contributed by atoms with E-state index in [4.69, 9.17) is 4.99 Å². The third-order valence-corrected chi connectivity index (χ3v) is 4.72. The van der Waals surface area contributed by atoms with Crippen LogP contribution in [0.5, 0.6) is 0 Å². The molecular weight excluding hydrogens is 360 g/mol. The third kappa shape index (κ3) is 11.1. The molecule has 1 atom stereocenters. The molecule has 0 saturated heterocycles. The molecule has 0 radical (unpaired) electrons. The fourth-order valence-electron chi connectivity index (χ4n) is 2.93. The van der Waals surface area contributed by atoms with E-state index in [1.807, 2.05) is 0 Å². The second-order valence-corrected chi connectivity index (χ2v) is 6.82. The third-order valence-electron chi connectivity index (χ3n) is 4.72. The first kappa shape index (κ1) is 23.4. The van der Waals surface area contributed by atoms with Crippen molar-refractivity contribution in [3.8, 4) is 0 Å². The van der Waals surface area contributed by atoms with Crippen LogP contribution in [0.3, 0.4) is 0 Å². The predicted molar refractivity (Wildman–Crippen MR) is 112 cm³/mol. The lowest BCUT2D eigenvalue weighted by Gasteiger charge is -2.11. The van der Waals surface area contributed by atoms with E-state index < -0.39 is 0 Å². The Kier molecular flexibility index (Phi) is 15.6. The predicted octanol–water partition coefficient (Wildman–Crippen LogP) is 6.54. The zero-order chi connectivity index (χ0) is 16.8. The largest absolute Gasteiger partial charge is 0.354 e. The van der Waals surface area contributed by atoms with Crippen molar-refractivity contribution < 1.29 is 0 Å². The normalized spacial score (nSPS) is 11.8. The fraction of sp³-hybridized carbons (Fsp3) is 0.762. The van der Waals surface area contributed by atoms with E-state index in [9.17, 15) is 0 Å². The van der Waals surface area contributed by atoms with E-state index in [0.717, 1.165) is 24.4 Å². The molecule has 0 aliphatic heterocycles. The molecule has 0 bridgehead atoms. The lowest BCUT2D eigenvalue weighted by atomic mass is 10.00. The Morgan fingerprint density at radius 2 is 1.50 bits per heavy atom. The maximum Gasteiger partial charge on any atom is 0.0603 e. The maximum absolute atomic E-state index is 4.79. The van der Waals surface area contributed by atoms with Gasteiger partial charge in [-0.1, -0.05) is 72.1 Å². The Morgan fingerprint density at radius 3 is 2.12 bits per heavy atom. The molecule has 0 fully saturated rings. The second-order valence-electron chi connectivity index (χ2n) is 6.82. The minimum atomic E-state index is 0. The van der Waals surface area contributed by atoms with Gasteiger partial charge in [-0.25, -0.2) is 0 Å². The molecule has 1 aromatic heterocycles. The van der Waals surface area contributed by atoms with Gasteiger partial charge in [0.2, 0.25) is 0 Å². The first-order valence-corrected chi connectivity index (χ1v) is 9.96. The molecule has 0 aliphatic carbocycles. The van der Waals surface area contributed by atoms with E-state index >= 15 is 0 Å². The van der Waals surface area contributed by atoms with Crippen molar-refractivity contribution in [1.29, 1.82) is 0 Å². The van der Waals surface area contributed by atoms with Crippen LogP contribution < -0.4 is 5.36 Å². The summed E-state index contributed by atoms with van der Waals surface area (Å²) in [6.07, 6.45) is 17.7. The highest BCUT2D eigenvalue weighted by atomic mass is 79.9. The number of unbranched alkanes of at least 4 members (excludes halogenated alkanes) is 6. The summed E-state index contributed by atoms with van der Waals surface area (Å²) in [6.45, 7) is 8.95. The lowest BCUT2D eigenvalue weighted by Crippen LogP contribution is -2.10. The van der Waals surface area contributed by atoms with Gasteiger partial charge in [0.25, 0.3) is 0 Å². The summed E-state index contributed by atoms with van der Waals surface area (Å²) in [5, 5.41) is 1.14. The van der Waals surface area contributed by atoms with Crippen molar-refractivity contribution in [1.82, 2.24) is 4.57 Å². The number of rotatable bonds is 13. The zero-order valence-corrected chi connectivity index (χ0v) is 17.9. The molecule has 1 rings (SSSR count). The van der Waals surface area contributed by atoms with Crippen LogP contribution in [0.25, 0.3) is 0 Å². The molecule has 0 saturated carbocycles. The fourth-order valence-corrected chi connectivity index (χ4v) is 2.93. The van der Waals surface area contributed by atoms with Crippen molar-refractivity contribution in [2.45, 2.75) is 91.5 Å². The van der Waals surface area contributed by atoms with Gasteiger partial charge in [0.05, 0.1) is 5.36 Å². The number of pyridine rings is 1. The van der Waals surface area contributed by atoms with Crippen molar-refractivity contribution in [3.63, 3.8) is 0 Å². The van der Waals surface area contributed by atoms with Gasteiger partial charge in [-0.2, -0.15) is 0 Å². The molecule has 0 N–H and O–H groups in total. The van der Waals surface area contributed by atoms with Crippen LogP contribution >= 0.6 is 17.0 Å². The molecule has 140 valence electrons. The van der Waals surface area contributed by atoms with Gasteiger partial charge in [0.1, 0.15) is 0 Å². The molecule has 0 aliphatic rings. The number of hydrogen-bond donors (Lipinski definition) is 0. The Balaban J connectivity index is 0.00000529. The number of aromatic nitrogens is 1. The van der Waals surface area contributed by atoms with Crippen LogP contribution in [0.15, 0.2) is 29.5 Å². The highest BCUT2D eigenvalue weighted by molar-refractivity contribution is 8.93. The van der Waals surface area contributed by atoms with E-state index in [1.54, 1.807) is 0 Å². The van der Waals surface area contributed by atoms with Crippen LogP contribution in [-0.4, -0.2) is 11.1 Å². The molecule has 1 heterocycles. The average molecular weight is 399 g/mol. The van der Waals surface area contributed by atoms with Crippen molar-refractivity contribution in [3.05, 3.63) is 29.9 Å². The molecule has 1 unspecified atom stereocenters. The first-order chi connectivity index (χ1) is 11.3. The zero-order valence-electron chi connectivity index (χ0n) is 16.2. The van der Waals surface area contributed by atoms with E-state index in [2.05, 4.69) is 49.9 Å². The summed E-state index contributed by atoms with van der Waals surface area (Å²) in [7, 11) is 0. The van der Waals surface area contributed by atoms with Crippen LogP contribution in [0.2, 0.25) is 0 Å². The summed E-state index contributed by atoms with van der Waals surface area (Å²) in [6, 6.07) is 4.34. The van der Waals surface area contributed by atoms with Crippen LogP contribution in [-0.2, 0) is 6.54 Å². The summed E-state index contributed by atoms with van der Waals surface area (Å²) in [5.74, 6) is 0.755. The minimum absolute atomic E-state index is 0. The molecule has 2 nitrogen and oxygen atoms in total. The first-order valence-electron chi connectivity index (χ1n) is 9.96. The molecule has 1 aromatic rings. The summed E-state index contributed by atoms with van der Waals surface area (Å²) in [4.78, 5) is 4.79. The second kappa shape index (κ2) is 15.9. The van der Waals surface area contributed by atoms with E-state index in [0.29, 0.717) is 0 Å². The van der Waals surface area contributed by atoms with Crippen molar-refractivity contribution in [2.75, 3.05) is 6.54 Å². The van der Waals surface area contributed by atoms with Crippen LogP contribution in [0.4, 0.5) is 0 Å². The van der Waals surface area contributed by atoms with Gasteiger partial charge >= 0.3 is 0 Å². The highest BCUT2D eigenvalue weighted by Crippen LogP contribution is 2.12. The van der Waals surface area contributed by atoms with Gasteiger partial charge in [0, 0.05) is 25.5 Å². The molecule has 0 amide bonds. The standard InChI is InChI=1S/C21H38N2.BrH/c1-4-7-9-10-11-12-16-23-17-14-21(15-18-23)22-19-20(6-3)13-8-5-2;/h14-15,17-18,20H,4-13,16,19H2,1-3H3;1H. The summed E-state index contributed by atoms with van der Waals surface area (Å²) in [5.41, 5.74) is 0. The molecule has 0 spiro atoms. The lowest BCUT2D eigenvalue weighted by molar-refractivity contribution is 0.459. The van der Waals surface area contributed by atoms with Gasteiger partial charge in [-0.15, -0.1) is 17.0 Å². The minimum Gasteiger partial charge on any atom is -0.354 e. The Bertz CT molecular complexity index is 433. The molecular formula is C21H39BrN2. The monoisotopic (exact) mass is 398 g/mol. The van der Waals surface area contributed by atoms with Crippen molar-refractivity contribution in [2.24, 2.45) is 10.9 Å². The Morgan fingerprint density at radius 1 is 0.875 bits per heavy atom. The molecule has 24 heavy (non-hydrogen) atoms. The number of hydrogen-bond acceptors (Lipinski definition) is 1. The van der Waals surface area contributed by atoms with E-state index in [-0.39, 0.29) is 17.0 Å². The average Bonchev–Trinajstić information content (AvgIpc) is 2.59.